The zero-order valence-corrected chi connectivity index (χ0v) is 13.6. The van der Waals surface area contributed by atoms with Crippen LogP contribution in [0.4, 0.5) is 0 Å². The molecule has 24 heavy (non-hydrogen) atoms. The van der Waals surface area contributed by atoms with Crippen LogP contribution in [-0.4, -0.2) is 24.7 Å². The van der Waals surface area contributed by atoms with E-state index in [1.54, 1.807) is 22.3 Å². The number of aromatic nitrogens is 5. The molecule has 0 unspecified atom stereocenters. The van der Waals surface area contributed by atoms with Gasteiger partial charge in [0.1, 0.15) is 18.4 Å². The van der Waals surface area contributed by atoms with Crippen LogP contribution >= 0.6 is 11.3 Å². The number of hydrogen-bond donors (Lipinski definition) is 0. The van der Waals surface area contributed by atoms with E-state index in [1.165, 1.54) is 6.33 Å². The SMILES string of the molecule is Cc1cc(Oc2ccc(-n3cncn3)cc2)nc(-c2cccs2)n1. The maximum absolute atomic E-state index is 5.88. The van der Waals surface area contributed by atoms with Gasteiger partial charge in [-0.2, -0.15) is 10.1 Å². The summed E-state index contributed by atoms with van der Waals surface area (Å²) in [6.45, 7) is 1.93. The fraction of sp³-hybridized carbons (Fsp3) is 0.0588. The molecule has 4 aromatic rings. The lowest BCUT2D eigenvalue weighted by Gasteiger charge is -2.08. The number of hydrogen-bond acceptors (Lipinski definition) is 6. The highest BCUT2D eigenvalue weighted by atomic mass is 32.1. The van der Waals surface area contributed by atoms with Gasteiger partial charge in [-0.05, 0) is 42.6 Å². The summed E-state index contributed by atoms with van der Waals surface area (Å²) in [5, 5.41) is 6.10. The summed E-state index contributed by atoms with van der Waals surface area (Å²) in [5.74, 6) is 1.91. The fourth-order valence-corrected chi connectivity index (χ4v) is 2.89. The van der Waals surface area contributed by atoms with Crippen molar-refractivity contribution >= 4 is 11.3 Å². The quantitative estimate of drug-likeness (QED) is 0.566. The maximum Gasteiger partial charge on any atom is 0.223 e. The number of rotatable bonds is 4. The van der Waals surface area contributed by atoms with Gasteiger partial charge in [-0.1, -0.05) is 6.07 Å². The Bertz CT molecular complexity index is 934. The van der Waals surface area contributed by atoms with Crippen molar-refractivity contribution in [3.63, 3.8) is 0 Å². The lowest BCUT2D eigenvalue weighted by Crippen LogP contribution is -1.96. The van der Waals surface area contributed by atoms with E-state index < -0.39 is 0 Å². The van der Waals surface area contributed by atoms with Gasteiger partial charge in [0, 0.05) is 11.8 Å². The Morgan fingerprint density at radius 2 is 1.96 bits per heavy atom. The second kappa shape index (κ2) is 6.21. The van der Waals surface area contributed by atoms with Crippen LogP contribution in [0.3, 0.4) is 0 Å². The number of nitrogens with zero attached hydrogens (tertiary/aromatic N) is 5. The van der Waals surface area contributed by atoms with E-state index in [-0.39, 0.29) is 0 Å². The fourth-order valence-electron chi connectivity index (χ4n) is 2.24. The van der Waals surface area contributed by atoms with Gasteiger partial charge in [-0.15, -0.1) is 11.3 Å². The molecule has 3 heterocycles. The molecule has 0 spiro atoms. The minimum Gasteiger partial charge on any atom is -0.439 e. The Balaban J connectivity index is 1.59. The lowest BCUT2D eigenvalue weighted by atomic mass is 10.3. The van der Waals surface area contributed by atoms with Gasteiger partial charge < -0.3 is 4.74 Å². The molecule has 0 bridgehead atoms. The first-order valence-corrected chi connectivity index (χ1v) is 8.18. The van der Waals surface area contributed by atoms with Crippen LogP contribution in [0, 0.1) is 6.92 Å². The summed E-state index contributed by atoms with van der Waals surface area (Å²) in [6.07, 6.45) is 3.15. The van der Waals surface area contributed by atoms with Gasteiger partial charge in [0.05, 0.1) is 10.6 Å². The van der Waals surface area contributed by atoms with Gasteiger partial charge in [0.25, 0.3) is 0 Å². The van der Waals surface area contributed by atoms with E-state index in [4.69, 9.17) is 4.74 Å². The predicted molar refractivity (Wildman–Crippen MR) is 91.5 cm³/mol. The highest BCUT2D eigenvalue weighted by molar-refractivity contribution is 7.13. The second-order valence-electron chi connectivity index (χ2n) is 5.08. The van der Waals surface area contributed by atoms with E-state index in [2.05, 4.69) is 20.1 Å². The predicted octanol–water partition coefficient (Wildman–Crippen LogP) is 3.89. The first-order chi connectivity index (χ1) is 11.8. The van der Waals surface area contributed by atoms with Crippen LogP contribution in [0.1, 0.15) is 5.69 Å². The van der Waals surface area contributed by atoms with E-state index in [0.29, 0.717) is 17.5 Å². The van der Waals surface area contributed by atoms with Crippen molar-refractivity contribution in [2.24, 2.45) is 0 Å². The molecule has 0 N–H and O–H groups in total. The standard InChI is InChI=1S/C17H13N5OS/c1-12-9-16(21-17(20-12)15-3-2-8-24-15)23-14-6-4-13(5-7-14)22-11-18-10-19-22/h2-11H,1H3. The molecule has 0 saturated carbocycles. The van der Waals surface area contributed by atoms with E-state index in [0.717, 1.165) is 16.3 Å². The first kappa shape index (κ1) is 14.5. The molecular formula is C17H13N5OS. The Morgan fingerprint density at radius 3 is 2.67 bits per heavy atom. The average molecular weight is 335 g/mol. The minimum atomic E-state index is 0.527. The van der Waals surface area contributed by atoms with Crippen molar-refractivity contribution in [1.29, 1.82) is 0 Å². The molecule has 7 heteroatoms. The Labute approximate surface area is 142 Å². The smallest absolute Gasteiger partial charge is 0.223 e. The average Bonchev–Trinajstić information content (AvgIpc) is 3.29. The zero-order chi connectivity index (χ0) is 16.4. The second-order valence-corrected chi connectivity index (χ2v) is 6.03. The molecule has 0 aliphatic rings. The Morgan fingerprint density at radius 1 is 1.08 bits per heavy atom. The van der Waals surface area contributed by atoms with Crippen molar-refractivity contribution in [3.05, 3.63) is 66.2 Å². The van der Waals surface area contributed by atoms with Gasteiger partial charge in [0.15, 0.2) is 5.82 Å². The van der Waals surface area contributed by atoms with Crippen molar-refractivity contribution in [1.82, 2.24) is 24.7 Å². The highest BCUT2D eigenvalue weighted by Crippen LogP contribution is 2.26. The molecule has 0 amide bonds. The molecular weight excluding hydrogens is 322 g/mol. The summed E-state index contributed by atoms with van der Waals surface area (Å²) in [5.41, 5.74) is 1.78. The molecule has 0 atom stereocenters. The van der Waals surface area contributed by atoms with Gasteiger partial charge in [0.2, 0.25) is 5.88 Å². The molecule has 0 aliphatic heterocycles. The Kier molecular flexibility index (Phi) is 3.76. The van der Waals surface area contributed by atoms with Gasteiger partial charge in [-0.25, -0.2) is 14.6 Å². The third kappa shape index (κ3) is 3.02. The number of ether oxygens (including phenoxy) is 1. The molecule has 4 rings (SSSR count). The van der Waals surface area contributed by atoms with Crippen LogP contribution in [-0.2, 0) is 0 Å². The molecule has 6 nitrogen and oxygen atoms in total. The summed E-state index contributed by atoms with van der Waals surface area (Å²) in [7, 11) is 0. The van der Waals surface area contributed by atoms with Gasteiger partial charge in [-0.3, -0.25) is 0 Å². The van der Waals surface area contributed by atoms with Crippen molar-refractivity contribution in [3.8, 4) is 28.0 Å². The van der Waals surface area contributed by atoms with E-state index >= 15 is 0 Å². The summed E-state index contributed by atoms with van der Waals surface area (Å²) >= 11 is 1.60. The van der Waals surface area contributed by atoms with E-state index in [9.17, 15) is 0 Å². The number of aryl methyl sites for hydroxylation is 1. The molecule has 1 aromatic carbocycles. The topological polar surface area (TPSA) is 65.7 Å². The monoisotopic (exact) mass is 335 g/mol. The van der Waals surface area contributed by atoms with Gasteiger partial charge >= 0.3 is 0 Å². The number of benzene rings is 1. The summed E-state index contributed by atoms with van der Waals surface area (Å²) < 4.78 is 7.57. The minimum absolute atomic E-state index is 0.527. The largest absolute Gasteiger partial charge is 0.439 e. The molecule has 0 fully saturated rings. The van der Waals surface area contributed by atoms with Crippen LogP contribution in [0.25, 0.3) is 16.4 Å². The van der Waals surface area contributed by atoms with Crippen molar-refractivity contribution in [2.75, 3.05) is 0 Å². The van der Waals surface area contributed by atoms with E-state index in [1.807, 2.05) is 54.8 Å². The highest BCUT2D eigenvalue weighted by Gasteiger charge is 2.08. The van der Waals surface area contributed by atoms with Crippen LogP contribution < -0.4 is 4.74 Å². The third-order valence-electron chi connectivity index (χ3n) is 3.31. The first-order valence-electron chi connectivity index (χ1n) is 7.30. The molecule has 0 saturated heterocycles. The molecule has 0 radical (unpaired) electrons. The third-order valence-corrected chi connectivity index (χ3v) is 4.18. The molecule has 0 aliphatic carbocycles. The zero-order valence-electron chi connectivity index (χ0n) is 12.8. The number of thiophene rings is 1. The Hall–Kier alpha value is -3.06. The van der Waals surface area contributed by atoms with Crippen molar-refractivity contribution in [2.45, 2.75) is 6.92 Å². The summed E-state index contributed by atoms with van der Waals surface area (Å²) in [6, 6.07) is 13.4. The molecule has 118 valence electrons. The van der Waals surface area contributed by atoms with Crippen LogP contribution in [0.2, 0.25) is 0 Å². The van der Waals surface area contributed by atoms with Crippen LogP contribution in [0.15, 0.2) is 60.5 Å². The normalized spacial score (nSPS) is 10.7. The van der Waals surface area contributed by atoms with Crippen LogP contribution in [0.5, 0.6) is 11.6 Å². The summed E-state index contributed by atoms with van der Waals surface area (Å²) in [4.78, 5) is 13.9. The molecule has 3 aromatic heterocycles. The maximum atomic E-state index is 5.88. The lowest BCUT2D eigenvalue weighted by molar-refractivity contribution is 0.461. The van der Waals surface area contributed by atoms with Crippen molar-refractivity contribution < 1.29 is 4.74 Å².